The summed E-state index contributed by atoms with van der Waals surface area (Å²) < 4.78 is 21.9. The first kappa shape index (κ1) is 21.1. The summed E-state index contributed by atoms with van der Waals surface area (Å²) in [6, 6.07) is 2.73. The van der Waals surface area contributed by atoms with Gasteiger partial charge < -0.3 is 10.2 Å². The van der Waals surface area contributed by atoms with E-state index in [2.05, 4.69) is 34.5 Å². The lowest BCUT2D eigenvalue weighted by atomic mass is 9.82. The molecule has 2 fully saturated rings. The Bertz CT molecular complexity index is 815. The van der Waals surface area contributed by atoms with E-state index in [4.69, 9.17) is 8.92 Å². The standard InChI is InChI=1S/C21H34N4O3S2/c1-4-18-11-19-20(29-18)5-10-28-21(19)6-8-24(9-7-21)12-16-13-25(23(2)22-16)17-14-30(26,15-17)27-3/h11,13,17,22,26H,4-10,12,14-15H2,1-3H3. The molecular formula is C21H34N4O3S2. The molecule has 1 aromatic rings. The fraction of sp³-hybridized carbons (Fsp3) is 0.714. The zero-order valence-corrected chi connectivity index (χ0v) is 19.9. The van der Waals surface area contributed by atoms with Gasteiger partial charge in [-0.2, -0.15) is 10.6 Å². The summed E-state index contributed by atoms with van der Waals surface area (Å²) in [5, 5.41) is 4.24. The fourth-order valence-electron chi connectivity index (χ4n) is 5.18. The quantitative estimate of drug-likeness (QED) is 0.709. The summed E-state index contributed by atoms with van der Waals surface area (Å²) in [4.78, 5) is 5.58. The molecule has 0 bridgehead atoms. The van der Waals surface area contributed by atoms with E-state index in [1.54, 1.807) is 12.0 Å². The highest BCUT2D eigenvalue weighted by atomic mass is 32.3. The number of hydrogen-bond donors (Lipinski definition) is 2. The molecule has 30 heavy (non-hydrogen) atoms. The van der Waals surface area contributed by atoms with Gasteiger partial charge in [0.05, 0.1) is 42.6 Å². The Morgan fingerprint density at radius 1 is 1.37 bits per heavy atom. The number of thiophene rings is 1. The van der Waals surface area contributed by atoms with Crippen LogP contribution in [0.3, 0.4) is 0 Å². The SMILES string of the molecule is CCc1cc2c(s1)CCOC21CCN(CC2=CN(C3CS(O)(OC)C3)N(C)N2)CC1. The molecule has 168 valence electrons. The van der Waals surface area contributed by atoms with Crippen LogP contribution in [-0.4, -0.2) is 77.5 Å². The predicted octanol–water partition coefficient (Wildman–Crippen LogP) is 2.90. The molecule has 2 N–H and O–H groups in total. The minimum atomic E-state index is -1.82. The second-order valence-electron chi connectivity index (χ2n) is 8.87. The zero-order chi connectivity index (χ0) is 20.9. The number of piperidine rings is 1. The molecule has 5 heterocycles. The van der Waals surface area contributed by atoms with Crippen molar-refractivity contribution in [1.29, 1.82) is 0 Å². The average molecular weight is 455 g/mol. The van der Waals surface area contributed by atoms with Crippen molar-refractivity contribution in [2.75, 3.05) is 51.9 Å². The van der Waals surface area contributed by atoms with Crippen LogP contribution in [0.4, 0.5) is 0 Å². The Balaban J connectivity index is 1.19. The van der Waals surface area contributed by atoms with Crippen molar-refractivity contribution >= 4 is 21.9 Å². The van der Waals surface area contributed by atoms with Crippen molar-refractivity contribution in [3.8, 4) is 0 Å². The average Bonchev–Trinajstić information content (AvgIpc) is 3.31. The number of ether oxygens (including phenoxy) is 1. The number of nitrogens with one attached hydrogen (secondary N) is 1. The van der Waals surface area contributed by atoms with Crippen LogP contribution in [0.2, 0.25) is 0 Å². The summed E-state index contributed by atoms with van der Waals surface area (Å²) in [5.74, 6) is 1.43. The number of nitrogens with zero attached hydrogens (tertiary/aromatic N) is 3. The molecule has 0 saturated carbocycles. The molecule has 0 unspecified atom stereocenters. The molecule has 5 rings (SSSR count). The largest absolute Gasteiger partial charge is 0.370 e. The van der Waals surface area contributed by atoms with Gasteiger partial charge in [-0.05, 0) is 30.9 Å². The third-order valence-corrected chi connectivity index (χ3v) is 10.8. The molecule has 1 spiro atoms. The van der Waals surface area contributed by atoms with E-state index in [1.807, 2.05) is 23.5 Å². The first-order valence-electron chi connectivity index (χ1n) is 11.0. The molecule has 9 heteroatoms. The number of aryl methyl sites for hydroxylation is 1. The Morgan fingerprint density at radius 2 is 2.13 bits per heavy atom. The van der Waals surface area contributed by atoms with Crippen molar-refractivity contribution in [3.05, 3.63) is 33.3 Å². The van der Waals surface area contributed by atoms with E-state index in [0.29, 0.717) is 17.5 Å². The summed E-state index contributed by atoms with van der Waals surface area (Å²) in [7, 11) is 1.83. The van der Waals surface area contributed by atoms with Crippen molar-refractivity contribution < 1.29 is 13.5 Å². The Morgan fingerprint density at radius 3 is 2.83 bits per heavy atom. The third-order valence-electron chi connectivity index (χ3n) is 6.99. The molecule has 4 aliphatic rings. The van der Waals surface area contributed by atoms with Crippen LogP contribution in [0, 0.1) is 0 Å². The predicted molar refractivity (Wildman–Crippen MR) is 122 cm³/mol. The maximum absolute atomic E-state index is 10.2. The van der Waals surface area contributed by atoms with Crippen molar-refractivity contribution in [3.63, 3.8) is 0 Å². The van der Waals surface area contributed by atoms with E-state index in [0.717, 1.165) is 51.9 Å². The van der Waals surface area contributed by atoms with Gasteiger partial charge in [-0.1, -0.05) is 6.92 Å². The number of hydrazine groups is 2. The number of rotatable bonds is 5. The Hall–Kier alpha value is -0.810. The molecule has 0 aromatic carbocycles. The van der Waals surface area contributed by atoms with Crippen LogP contribution in [0.5, 0.6) is 0 Å². The highest BCUT2D eigenvalue weighted by Gasteiger charge is 2.43. The van der Waals surface area contributed by atoms with Gasteiger partial charge >= 0.3 is 0 Å². The second kappa shape index (κ2) is 7.95. The van der Waals surface area contributed by atoms with Crippen LogP contribution in [0.25, 0.3) is 0 Å². The summed E-state index contributed by atoms with van der Waals surface area (Å²) >= 11 is 1.99. The number of likely N-dealkylation sites (tertiary alicyclic amines) is 1. The Kier molecular flexibility index (Phi) is 5.58. The summed E-state index contributed by atoms with van der Waals surface area (Å²) in [6.07, 6.45) is 6.53. The smallest absolute Gasteiger partial charge is 0.0966 e. The molecule has 7 nitrogen and oxygen atoms in total. The van der Waals surface area contributed by atoms with E-state index >= 15 is 0 Å². The monoisotopic (exact) mass is 454 g/mol. The Labute approximate surface area is 185 Å². The lowest BCUT2D eigenvalue weighted by Crippen LogP contribution is -2.54. The van der Waals surface area contributed by atoms with Gasteiger partial charge in [0.1, 0.15) is 0 Å². The first-order valence-corrected chi connectivity index (χ1v) is 13.6. The highest BCUT2D eigenvalue weighted by Crippen LogP contribution is 2.55. The molecule has 0 radical (unpaired) electrons. The zero-order valence-electron chi connectivity index (χ0n) is 18.2. The summed E-state index contributed by atoms with van der Waals surface area (Å²) in [5.41, 5.74) is 6.11. The van der Waals surface area contributed by atoms with Crippen LogP contribution in [0.15, 0.2) is 18.0 Å². The maximum atomic E-state index is 10.2. The second-order valence-corrected chi connectivity index (χ2v) is 12.6. The van der Waals surface area contributed by atoms with Gasteiger partial charge in [-0.15, -0.1) is 16.5 Å². The van der Waals surface area contributed by atoms with E-state index in [1.165, 1.54) is 16.1 Å². The van der Waals surface area contributed by atoms with Crippen LogP contribution < -0.4 is 5.43 Å². The normalized spacial score (nSPS) is 33.5. The topological polar surface area (TPSA) is 60.4 Å². The minimum Gasteiger partial charge on any atom is -0.370 e. The van der Waals surface area contributed by atoms with Crippen LogP contribution in [-0.2, 0) is 27.4 Å². The maximum Gasteiger partial charge on any atom is 0.0966 e. The molecule has 2 saturated heterocycles. The number of fused-ring (bicyclic) bond motifs is 2. The molecule has 1 aromatic heterocycles. The lowest BCUT2D eigenvalue weighted by Gasteiger charge is -2.53. The highest BCUT2D eigenvalue weighted by molar-refractivity contribution is 8.26. The molecule has 4 aliphatic heterocycles. The molecular weight excluding hydrogens is 420 g/mol. The van der Waals surface area contributed by atoms with E-state index < -0.39 is 10.6 Å². The fourth-order valence-corrected chi connectivity index (χ4v) is 8.04. The summed E-state index contributed by atoms with van der Waals surface area (Å²) in [6.45, 7) is 6.13. The van der Waals surface area contributed by atoms with Crippen LogP contribution in [0.1, 0.15) is 35.1 Å². The van der Waals surface area contributed by atoms with Gasteiger partial charge in [0.2, 0.25) is 0 Å². The van der Waals surface area contributed by atoms with Crippen molar-refractivity contribution in [2.45, 2.75) is 44.2 Å². The van der Waals surface area contributed by atoms with E-state index in [-0.39, 0.29) is 5.60 Å². The van der Waals surface area contributed by atoms with Gasteiger partial charge in [0, 0.05) is 49.1 Å². The third kappa shape index (κ3) is 3.68. The van der Waals surface area contributed by atoms with Crippen molar-refractivity contribution in [2.24, 2.45) is 0 Å². The molecule has 0 aliphatic carbocycles. The first-order chi connectivity index (χ1) is 14.4. The van der Waals surface area contributed by atoms with E-state index in [9.17, 15) is 4.55 Å². The van der Waals surface area contributed by atoms with Crippen LogP contribution >= 0.6 is 21.9 Å². The minimum absolute atomic E-state index is 0.0619. The lowest BCUT2D eigenvalue weighted by molar-refractivity contribution is -0.0963. The van der Waals surface area contributed by atoms with Gasteiger partial charge in [0.25, 0.3) is 0 Å². The number of hydrogen-bond acceptors (Lipinski definition) is 8. The molecule has 0 atom stereocenters. The van der Waals surface area contributed by atoms with Crippen molar-refractivity contribution in [1.82, 2.24) is 20.5 Å². The van der Waals surface area contributed by atoms with Gasteiger partial charge in [-0.3, -0.25) is 18.6 Å². The van der Waals surface area contributed by atoms with Gasteiger partial charge in [-0.25, -0.2) is 0 Å². The molecule has 0 amide bonds. The van der Waals surface area contributed by atoms with Gasteiger partial charge in [0.15, 0.2) is 0 Å².